The molecule has 2 nitrogen and oxygen atoms in total. The van der Waals surface area contributed by atoms with Gasteiger partial charge in [0.25, 0.3) is 0 Å². The third-order valence-corrected chi connectivity index (χ3v) is 8.99. The molecule has 1 heterocycles. The summed E-state index contributed by atoms with van der Waals surface area (Å²) < 4.78 is 5.97. The van der Waals surface area contributed by atoms with Crippen molar-refractivity contribution in [1.82, 2.24) is 0 Å². The third-order valence-electron chi connectivity index (χ3n) is 8.99. The number of hydrogen-bond donors (Lipinski definition) is 0. The zero-order chi connectivity index (χ0) is 21.2. The summed E-state index contributed by atoms with van der Waals surface area (Å²) >= 11 is 0. The van der Waals surface area contributed by atoms with Gasteiger partial charge in [-0.1, -0.05) is 26.0 Å². The van der Waals surface area contributed by atoms with Crippen LogP contribution in [0.15, 0.2) is 36.4 Å². The smallest absolute Gasteiger partial charge is 0.122 e. The molecule has 0 aromatic heterocycles. The summed E-state index contributed by atoms with van der Waals surface area (Å²) in [5.41, 5.74) is 7.63. The van der Waals surface area contributed by atoms with Crippen LogP contribution in [0.5, 0.6) is 5.75 Å². The predicted octanol–water partition coefficient (Wildman–Crippen LogP) is 7.37. The molecule has 1 aliphatic heterocycles. The number of rotatable bonds is 4. The first kappa shape index (κ1) is 19.7. The lowest BCUT2D eigenvalue weighted by Gasteiger charge is -2.57. The maximum atomic E-state index is 5.97. The minimum Gasteiger partial charge on any atom is -0.496 e. The fourth-order valence-electron chi connectivity index (χ4n) is 7.96. The summed E-state index contributed by atoms with van der Waals surface area (Å²) in [6, 6.07) is 14.3. The van der Waals surface area contributed by atoms with Crippen LogP contribution in [0.3, 0.4) is 0 Å². The Morgan fingerprint density at radius 2 is 1.65 bits per heavy atom. The Morgan fingerprint density at radius 3 is 2.29 bits per heavy atom. The second kappa shape index (κ2) is 7.29. The molecule has 2 aromatic carbocycles. The van der Waals surface area contributed by atoms with Crippen LogP contribution in [-0.2, 0) is 11.8 Å². The summed E-state index contributed by atoms with van der Waals surface area (Å²) in [6.45, 7) is 5.70. The summed E-state index contributed by atoms with van der Waals surface area (Å²) in [7, 11) is 1.86. The van der Waals surface area contributed by atoms with E-state index in [0.29, 0.717) is 11.3 Å². The number of ether oxygens (including phenoxy) is 1. The molecule has 0 amide bonds. The van der Waals surface area contributed by atoms with E-state index in [0.717, 1.165) is 30.0 Å². The zero-order valence-electron chi connectivity index (χ0n) is 19.5. The van der Waals surface area contributed by atoms with E-state index in [4.69, 9.17) is 4.74 Å². The molecule has 31 heavy (non-hydrogen) atoms. The molecular formula is C29H37NO. The number of aryl methyl sites for hydroxylation is 1. The number of methoxy groups -OCH3 is 1. The van der Waals surface area contributed by atoms with Gasteiger partial charge in [0.05, 0.1) is 7.11 Å². The van der Waals surface area contributed by atoms with Crippen molar-refractivity contribution in [3.63, 3.8) is 0 Å². The SMILES string of the molecule is COc1ccc(N2CCCc3cc(C(C)C)ccc32)cc1C12CC3CC(CC(C3)C1)C2. The number of hydrogen-bond acceptors (Lipinski definition) is 2. The lowest BCUT2D eigenvalue weighted by molar-refractivity contribution is -0.00613. The van der Waals surface area contributed by atoms with Crippen molar-refractivity contribution in [3.8, 4) is 5.75 Å². The number of benzene rings is 2. The molecule has 0 unspecified atom stereocenters. The van der Waals surface area contributed by atoms with Crippen molar-refractivity contribution in [2.75, 3.05) is 18.6 Å². The molecule has 0 spiro atoms. The molecule has 0 saturated heterocycles. The molecule has 0 N–H and O–H groups in total. The topological polar surface area (TPSA) is 12.5 Å². The van der Waals surface area contributed by atoms with Crippen LogP contribution >= 0.6 is 0 Å². The highest BCUT2D eigenvalue weighted by molar-refractivity contribution is 5.70. The van der Waals surface area contributed by atoms with Gasteiger partial charge in [0, 0.05) is 23.5 Å². The first-order chi connectivity index (χ1) is 15.0. The maximum absolute atomic E-state index is 5.97. The largest absolute Gasteiger partial charge is 0.496 e. The number of fused-ring (bicyclic) bond motifs is 1. The Labute approximate surface area is 188 Å². The fraction of sp³-hybridized carbons (Fsp3) is 0.586. The van der Waals surface area contributed by atoms with Crippen LogP contribution in [0, 0.1) is 17.8 Å². The molecule has 164 valence electrons. The predicted molar refractivity (Wildman–Crippen MR) is 129 cm³/mol. The highest BCUT2D eigenvalue weighted by Gasteiger charge is 2.52. The van der Waals surface area contributed by atoms with Crippen LogP contribution in [0.1, 0.15) is 81.4 Å². The molecule has 2 heteroatoms. The molecule has 4 aliphatic carbocycles. The fourth-order valence-corrected chi connectivity index (χ4v) is 7.96. The van der Waals surface area contributed by atoms with E-state index in [2.05, 4.69) is 55.1 Å². The monoisotopic (exact) mass is 415 g/mol. The normalized spacial score (nSPS) is 31.2. The second-order valence-corrected chi connectivity index (χ2v) is 11.4. The van der Waals surface area contributed by atoms with E-state index in [9.17, 15) is 0 Å². The highest BCUT2D eigenvalue weighted by atomic mass is 16.5. The van der Waals surface area contributed by atoms with Gasteiger partial charge < -0.3 is 9.64 Å². The van der Waals surface area contributed by atoms with Crippen molar-refractivity contribution < 1.29 is 4.74 Å². The minimum absolute atomic E-state index is 0.357. The van der Waals surface area contributed by atoms with Crippen LogP contribution in [-0.4, -0.2) is 13.7 Å². The first-order valence-electron chi connectivity index (χ1n) is 12.6. The van der Waals surface area contributed by atoms with Gasteiger partial charge in [0.2, 0.25) is 0 Å². The molecule has 4 fully saturated rings. The number of anilines is 2. The molecule has 7 rings (SSSR count). The van der Waals surface area contributed by atoms with Gasteiger partial charge in [-0.2, -0.15) is 0 Å². The van der Waals surface area contributed by atoms with Gasteiger partial charge in [-0.3, -0.25) is 0 Å². The van der Waals surface area contributed by atoms with Crippen molar-refractivity contribution in [2.24, 2.45) is 17.8 Å². The zero-order valence-corrected chi connectivity index (χ0v) is 19.5. The van der Waals surface area contributed by atoms with Gasteiger partial charge in [0.1, 0.15) is 5.75 Å². The maximum Gasteiger partial charge on any atom is 0.122 e. The summed E-state index contributed by atoms with van der Waals surface area (Å²) in [6.07, 6.45) is 11.0. The molecular weight excluding hydrogens is 378 g/mol. The highest BCUT2D eigenvalue weighted by Crippen LogP contribution is 2.62. The van der Waals surface area contributed by atoms with E-state index in [-0.39, 0.29) is 0 Å². The van der Waals surface area contributed by atoms with Crippen molar-refractivity contribution in [3.05, 3.63) is 53.1 Å². The van der Waals surface area contributed by atoms with E-state index in [1.165, 1.54) is 79.4 Å². The van der Waals surface area contributed by atoms with Gasteiger partial charge in [-0.25, -0.2) is 0 Å². The Kier molecular flexibility index (Phi) is 4.63. The Balaban J connectivity index is 1.41. The van der Waals surface area contributed by atoms with E-state index < -0.39 is 0 Å². The quantitative estimate of drug-likeness (QED) is 0.517. The third kappa shape index (κ3) is 3.20. The summed E-state index contributed by atoms with van der Waals surface area (Å²) in [5.74, 6) is 4.56. The van der Waals surface area contributed by atoms with Gasteiger partial charge >= 0.3 is 0 Å². The Morgan fingerprint density at radius 1 is 0.935 bits per heavy atom. The van der Waals surface area contributed by atoms with Crippen LogP contribution in [0.2, 0.25) is 0 Å². The van der Waals surface area contributed by atoms with Gasteiger partial charge in [0.15, 0.2) is 0 Å². The molecule has 4 bridgehead atoms. The van der Waals surface area contributed by atoms with E-state index in [1.54, 1.807) is 0 Å². The van der Waals surface area contributed by atoms with E-state index >= 15 is 0 Å². The van der Waals surface area contributed by atoms with Crippen LogP contribution < -0.4 is 9.64 Å². The summed E-state index contributed by atoms with van der Waals surface area (Å²) in [5, 5.41) is 0. The van der Waals surface area contributed by atoms with Crippen molar-refractivity contribution >= 4 is 11.4 Å². The number of nitrogens with zero attached hydrogens (tertiary/aromatic N) is 1. The lowest BCUT2D eigenvalue weighted by Crippen LogP contribution is -2.48. The average molecular weight is 416 g/mol. The van der Waals surface area contributed by atoms with Crippen molar-refractivity contribution in [1.29, 1.82) is 0 Å². The second-order valence-electron chi connectivity index (χ2n) is 11.4. The van der Waals surface area contributed by atoms with E-state index in [1.807, 2.05) is 7.11 Å². The first-order valence-corrected chi connectivity index (χ1v) is 12.6. The standard InChI is InChI=1S/C29H37NO/c1-19(2)23-6-8-27-24(14-23)5-4-10-30(27)25-7-9-28(31-3)26(15-25)29-16-20-11-21(17-29)13-22(12-20)18-29/h6-9,14-15,19-22H,4-5,10-13,16-18H2,1-3H3. The molecule has 0 atom stereocenters. The summed E-state index contributed by atoms with van der Waals surface area (Å²) in [4.78, 5) is 2.58. The van der Waals surface area contributed by atoms with Gasteiger partial charge in [-0.15, -0.1) is 0 Å². The molecule has 2 aromatic rings. The minimum atomic E-state index is 0.357. The van der Waals surface area contributed by atoms with Crippen LogP contribution in [0.25, 0.3) is 0 Å². The van der Waals surface area contributed by atoms with Crippen molar-refractivity contribution in [2.45, 2.75) is 76.5 Å². The average Bonchev–Trinajstić information content (AvgIpc) is 2.77. The van der Waals surface area contributed by atoms with Gasteiger partial charge in [-0.05, 0) is 116 Å². The Bertz CT molecular complexity index is 955. The molecule has 5 aliphatic rings. The van der Waals surface area contributed by atoms with Crippen LogP contribution in [0.4, 0.5) is 11.4 Å². The Hall–Kier alpha value is -1.96. The lowest BCUT2D eigenvalue weighted by atomic mass is 9.48. The molecule has 4 saturated carbocycles. The molecule has 0 radical (unpaired) electrons.